The van der Waals surface area contributed by atoms with Gasteiger partial charge in [-0.05, 0) is 33.1 Å². The monoisotopic (exact) mass is 361 g/mol. The van der Waals surface area contributed by atoms with Gasteiger partial charge in [0.1, 0.15) is 5.82 Å². The molecule has 26 heavy (non-hydrogen) atoms. The smallest absolute Gasteiger partial charge is 0.271 e. The summed E-state index contributed by atoms with van der Waals surface area (Å²) in [6, 6.07) is 4.97. The number of non-ortho nitro benzene ring substituents is 1. The summed E-state index contributed by atoms with van der Waals surface area (Å²) in [5.74, 6) is 1.01. The van der Waals surface area contributed by atoms with Crippen molar-refractivity contribution in [1.82, 2.24) is 19.4 Å². The first-order chi connectivity index (χ1) is 12.5. The van der Waals surface area contributed by atoms with Gasteiger partial charge in [0.05, 0.1) is 29.2 Å². The van der Waals surface area contributed by atoms with Gasteiger partial charge >= 0.3 is 0 Å². The van der Waals surface area contributed by atoms with Gasteiger partial charge in [0.2, 0.25) is 0 Å². The Morgan fingerprint density at radius 1 is 1.27 bits per heavy atom. The Morgan fingerprint density at radius 2 is 2.04 bits per heavy atom. The van der Waals surface area contributed by atoms with E-state index in [1.165, 1.54) is 0 Å². The number of hydrogen-bond acceptors (Lipinski definition) is 6. The van der Waals surface area contributed by atoms with Gasteiger partial charge in [-0.25, -0.2) is 4.98 Å². The summed E-state index contributed by atoms with van der Waals surface area (Å²) in [6.45, 7) is 6.26. The fourth-order valence-corrected chi connectivity index (χ4v) is 3.35. The molecule has 142 valence electrons. The minimum absolute atomic E-state index is 0.0928. The SMILES string of the molecule is CN(C)CCCn1c(CCN2CCOCC2)nc2cc([N+](=O)[O-])ccc21. The van der Waals surface area contributed by atoms with Crippen molar-refractivity contribution >= 4 is 16.7 Å². The second-order valence-electron chi connectivity index (χ2n) is 6.97. The Morgan fingerprint density at radius 3 is 2.73 bits per heavy atom. The highest BCUT2D eigenvalue weighted by Gasteiger charge is 2.16. The van der Waals surface area contributed by atoms with Crippen LogP contribution in [-0.2, 0) is 17.7 Å². The number of benzene rings is 1. The van der Waals surface area contributed by atoms with E-state index in [1.807, 2.05) is 6.07 Å². The first-order valence-corrected chi connectivity index (χ1v) is 9.13. The Balaban J connectivity index is 1.81. The van der Waals surface area contributed by atoms with Crippen LogP contribution in [0.25, 0.3) is 11.0 Å². The molecular formula is C18H27N5O3. The number of aryl methyl sites for hydroxylation is 1. The molecule has 2 heterocycles. The molecule has 0 atom stereocenters. The number of ether oxygens (including phenoxy) is 1. The average Bonchev–Trinajstić information content (AvgIpc) is 2.97. The summed E-state index contributed by atoms with van der Waals surface area (Å²) in [5, 5.41) is 11.1. The highest BCUT2D eigenvalue weighted by molar-refractivity contribution is 5.78. The number of aromatic nitrogens is 2. The van der Waals surface area contributed by atoms with E-state index in [-0.39, 0.29) is 10.6 Å². The lowest BCUT2D eigenvalue weighted by atomic mass is 10.2. The van der Waals surface area contributed by atoms with E-state index in [1.54, 1.807) is 12.1 Å². The van der Waals surface area contributed by atoms with Gasteiger partial charge < -0.3 is 14.2 Å². The van der Waals surface area contributed by atoms with Gasteiger partial charge in [-0.3, -0.25) is 15.0 Å². The second-order valence-corrected chi connectivity index (χ2v) is 6.97. The van der Waals surface area contributed by atoms with Gasteiger partial charge in [-0.2, -0.15) is 0 Å². The maximum atomic E-state index is 11.1. The lowest BCUT2D eigenvalue weighted by molar-refractivity contribution is -0.384. The Labute approximate surface area is 153 Å². The first-order valence-electron chi connectivity index (χ1n) is 9.13. The molecule has 1 saturated heterocycles. The Bertz CT molecular complexity index is 753. The standard InChI is InChI=1S/C18H27N5O3/c1-20(2)7-3-8-22-17-5-4-15(23(24)25)14-16(17)19-18(22)6-9-21-10-12-26-13-11-21/h4-5,14H,3,6-13H2,1-2H3. The quantitative estimate of drug-likeness (QED) is 0.527. The van der Waals surface area contributed by atoms with E-state index in [0.29, 0.717) is 5.52 Å². The van der Waals surface area contributed by atoms with Gasteiger partial charge in [0.25, 0.3) is 5.69 Å². The molecule has 1 fully saturated rings. The summed E-state index contributed by atoms with van der Waals surface area (Å²) < 4.78 is 7.63. The minimum Gasteiger partial charge on any atom is -0.379 e. The van der Waals surface area contributed by atoms with E-state index < -0.39 is 0 Å². The maximum Gasteiger partial charge on any atom is 0.271 e. The number of morpholine rings is 1. The molecule has 0 bridgehead atoms. The molecule has 0 amide bonds. The molecule has 1 aliphatic heterocycles. The zero-order valence-corrected chi connectivity index (χ0v) is 15.6. The van der Waals surface area contributed by atoms with Crippen molar-refractivity contribution in [3.8, 4) is 0 Å². The molecule has 3 rings (SSSR count). The predicted molar refractivity (Wildman–Crippen MR) is 101 cm³/mol. The van der Waals surface area contributed by atoms with Crippen LogP contribution >= 0.6 is 0 Å². The third-order valence-corrected chi connectivity index (χ3v) is 4.76. The van der Waals surface area contributed by atoms with Crippen LogP contribution in [0.4, 0.5) is 5.69 Å². The largest absolute Gasteiger partial charge is 0.379 e. The zero-order valence-electron chi connectivity index (χ0n) is 15.6. The van der Waals surface area contributed by atoms with Crippen LogP contribution in [0, 0.1) is 10.1 Å². The number of imidazole rings is 1. The van der Waals surface area contributed by atoms with Crippen molar-refractivity contribution in [3.05, 3.63) is 34.1 Å². The minimum atomic E-state index is -0.363. The number of nitro benzene ring substituents is 1. The van der Waals surface area contributed by atoms with Crippen LogP contribution in [0.15, 0.2) is 18.2 Å². The van der Waals surface area contributed by atoms with E-state index in [4.69, 9.17) is 9.72 Å². The molecular weight excluding hydrogens is 334 g/mol. The van der Waals surface area contributed by atoms with Crippen molar-refractivity contribution in [2.75, 3.05) is 53.5 Å². The number of fused-ring (bicyclic) bond motifs is 1. The fourth-order valence-electron chi connectivity index (χ4n) is 3.35. The molecule has 0 spiro atoms. The van der Waals surface area contributed by atoms with E-state index in [0.717, 1.165) is 70.1 Å². The number of nitrogens with zero attached hydrogens (tertiary/aromatic N) is 5. The maximum absolute atomic E-state index is 11.1. The van der Waals surface area contributed by atoms with E-state index >= 15 is 0 Å². The molecule has 1 aliphatic rings. The average molecular weight is 361 g/mol. The van der Waals surface area contributed by atoms with Crippen LogP contribution in [0.2, 0.25) is 0 Å². The molecule has 0 unspecified atom stereocenters. The summed E-state index contributed by atoms with van der Waals surface area (Å²) in [4.78, 5) is 20.0. The third kappa shape index (κ3) is 4.57. The summed E-state index contributed by atoms with van der Waals surface area (Å²) >= 11 is 0. The van der Waals surface area contributed by atoms with Gasteiger partial charge in [-0.15, -0.1) is 0 Å². The van der Waals surface area contributed by atoms with Crippen molar-refractivity contribution in [2.24, 2.45) is 0 Å². The Kier molecular flexibility index (Phi) is 6.18. The van der Waals surface area contributed by atoms with Crippen LogP contribution < -0.4 is 0 Å². The number of hydrogen-bond donors (Lipinski definition) is 0. The summed E-state index contributed by atoms with van der Waals surface area (Å²) in [5.41, 5.74) is 1.78. The second kappa shape index (κ2) is 8.57. The number of rotatable bonds is 8. The lowest BCUT2D eigenvalue weighted by Crippen LogP contribution is -2.37. The highest BCUT2D eigenvalue weighted by Crippen LogP contribution is 2.23. The van der Waals surface area contributed by atoms with Crippen molar-refractivity contribution in [1.29, 1.82) is 0 Å². The molecule has 0 radical (unpaired) electrons. The van der Waals surface area contributed by atoms with Gasteiger partial charge in [0.15, 0.2) is 0 Å². The molecule has 2 aromatic rings. The van der Waals surface area contributed by atoms with Crippen molar-refractivity contribution in [3.63, 3.8) is 0 Å². The lowest BCUT2D eigenvalue weighted by Gasteiger charge is -2.26. The molecule has 8 heteroatoms. The van der Waals surface area contributed by atoms with Crippen molar-refractivity contribution in [2.45, 2.75) is 19.4 Å². The fraction of sp³-hybridized carbons (Fsp3) is 0.611. The first kappa shape index (κ1) is 18.8. The topological polar surface area (TPSA) is 76.7 Å². The third-order valence-electron chi connectivity index (χ3n) is 4.76. The molecule has 1 aromatic carbocycles. The summed E-state index contributed by atoms with van der Waals surface area (Å²) in [6.07, 6.45) is 1.85. The predicted octanol–water partition coefficient (Wildman–Crippen LogP) is 1.77. The van der Waals surface area contributed by atoms with E-state index in [2.05, 4.69) is 28.5 Å². The van der Waals surface area contributed by atoms with Crippen LogP contribution in [-0.4, -0.2) is 77.8 Å². The van der Waals surface area contributed by atoms with Crippen molar-refractivity contribution < 1.29 is 9.66 Å². The summed E-state index contributed by atoms with van der Waals surface area (Å²) in [7, 11) is 4.13. The molecule has 0 N–H and O–H groups in total. The van der Waals surface area contributed by atoms with Crippen LogP contribution in [0.1, 0.15) is 12.2 Å². The number of nitro groups is 1. The molecule has 0 aliphatic carbocycles. The normalized spacial score (nSPS) is 15.8. The zero-order chi connectivity index (χ0) is 18.5. The highest BCUT2D eigenvalue weighted by atomic mass is 16.6. The Hall–Kier alpha value is -2.03. The van der Waals surface area contributed by atoms with Crippen LogP contribution in [0.5, 0.6) is 0 Å². The van der Waals surface area contributed by atoms with Gasteiger partial charge in [0, 0.05) is 44.7 Å². The van der Waals surface area contributed by atoms with E-state index in [9.17, 15) is 10.1 Å². The van der Waals surface area contributed by atoms with Crippen LogP contribution in [0.3, 0.4) is 0 Å². The van der Waals surface area contributed by atoms with Gasteiger partial charge in [-0.1, -0.05) is 0 Å². The molecule has 8 nitrogen and oxygen atoms in total. The molecule has 0 saturated carbocycles. The molecule has 1 aromatic heterocycles.